The third-order valence-electron chi connectivity index (χ3n) is 2.91. The first-order valence-electron chi connectivity index (χ1n) is 6.35. The maximum atomic E-state index is 12.1. The van der Waals surface area contributed by atoms with Crippen LogP contribution < -0.4 is 0 Å². The fraction of sp³-hybridized carbons (Fsp3) is 0.533. The Morgan fingerprint density at radius 3 is 2.61 bits per heavy atom. The third kappa shape index (κ3) is 4.45. The topological polar surface area (TPSA) is 26.3 Å². The van der Waals surface area contributed by atoms with Gasteiger partial charge >= 0.3 is 5.97 Å². The first-order chi connectivity index (χ1) is 8.35. The van der Waals surface area contributed by atoms with Crippen molar-refractivity contribution in [3.63, 3.8) is 0 Å². The van der Waals surface area contributed by atoms with Gasteiger partial charge in [0.2, 0.25) is 0 Å². The number of hydrogen-bond donors (Lipinski definition) is 0. The van der Waals surface area contributed by atoms with Crippen LogP contribution in [-0.4, -0.2) is 11.6 Å². The second-order valence-electron chi connectivity index (χ2n) is 5.21. The lowest BCUT2D eigenvalue weighted by molar-refractivity contribution is -0.00539. The highest BCUT2D eigenvalue weighted by Crippen LogP contribution is 2.22. The van der Waals surface area contributed by atoms with Crippen LogP contribution in [-0.2, 0) is 4.74 Å². The molecule has 0 atom stereocenters. The zero-order chi connectivity index (χ0) is 13.8. The summed E-state index contributed by atoms with van der Waals surface area (Å²) in [6, 6.07) is 5.59. The van der Waals surface area contributed by atoms with Crippen molar-refractivity contribution in [2.75, 3.05) is 0 Å². The molecule has 0 spiro atoms. The van der Waals surface area contributed by atoms with E-state index in [1.807, 2.05) is 32.9 Å². The van der Waals surface area contributed by atoms with Crippen molar-refractivity contribution in [3.05, 3.63) is 33.8 Å². The summed E-state index contributed by atoms with van der Waals surface area (Å²) in [4.78, 5) is 12.1. The van der Waals surface area contributed by atoms with Gasteiger partial charge in [-0.25, -0.2) is 4.79 Å². The average Bonchev–Trinajstić information content (AvgIpc) is 2.25. The molecule has 0 saturated carbocycles. The number of halogens is 1. The molecule has 3 heteroatoms. The number of unbranched alkanes of at least 4 members (excludes halogenated alkanes) is 1. The van der Waals surface area contributed by atoms with E-state index in [9.17, 15) is 4.79 Å². The third-order valence-corrected chi connectivity index (χ3v) is 3.40. The lowest BCUT2D eigenvalue weighted by atomic mass is 10.0. The van der Waals surface area contributed by atoms with E-state index in [0.29, 0.717) is 5.56 Å². The van der Waals surface area contributed by atoms with Gasteiger partial charge in [-0.1, -0.05) is 29.3 Å². The Hall–Kier alpha value is -0.830. The molecule has 0 aromatic heterocycles. The smallest absolute Gasteiger partial charge is 0.338 e. The highest BCUT2D eigenvalue weighted by Gasteiger charge is 2.23. The first kappa shape index (κ1) is 15.2. The summed E-state index contributed by atoms with van der Waals surface area (Å²) in [5.74, 6) is -0.235. The fourth-order valence-electron chi connectivity index (χ4n) is 1.82. The van der Waals surface area contributed by atoms with E-state index in [0.717, 1.165) is 29.3 Å². The van der Waals surface area contributed by atoms with Gasteiger partial charge in [-0.05, 0) is 57.4 Å². The maximum Gasteiger partial charge on any atom is 0.338 e. The van der Waals surface area contributed by atoms with E-state index in [-0.39, 0.29) is 5.97 Å². The van der Waals surface area contributed by atoms with Crippen molar-refractivity contribution >= 4 is 21.9 Å². The predicted octanol–water partition coefficient (Wildman–Crippen LogP) is 4.88. The van der Waals surface area contributed by atoms with E-state index >= 15 is 0 Å². The molecule has 0 amide bonds. The number of carbonyl (C=O) groups is 1. The highest BCUT2D eigenvalue weighted by molar-refractivity contribution is 9.10. The Morgan fingerprint density at radius 2 is 2.06 bits per heavy atom. The summed E-state index contributed by atoms with van der Waals surface area (Å²) >= 11 is 3.39. The van der Waals surface area contributed by atoms with Crippen molar-refractivity contribution in [2.24, 2.45) is 0 Å². The van der Waals surface area contributed by atoms with Crippen LogP contribution in [0.4, 0.5) is 0 Å². The molecule has 100 valence electrons. The SMILES string of the molecule is CCCCC(C)(C)OC(=O)c1ccc(Br)cc1C. The van der Waals surface area contributed by atoms with Crippen LogP contribution in [0.3, 0.4) is 0 Å². The molecular formula is C15H21BrO2. The van der Waals surface area contributed by atoms with Gasteiger partial charge in [-0.2, -0.15) is 0 Å². The van der Waals surface area contributed by atoms with Gasteiger partial charge < -0.3 is 4.74 Å². The van der Waals surface area contributed by atoms with Crippen LogP contribution in [0.25, 0.3) is 0 Å². The van der Waals surface area contributed by atoms with Crippen molar-refractivity contribution in [3.8, 4) is 0 Å². The van der Waals surface area contributed by atoms with Gasteiger partial charge in [0, 0.05) is 4.47 Å². The fourth-order valence-corrected chi connectivity index (χ4v) is 2.29. The minimum absolute atomic E-state index is 0.235. The van der Waals surface area contributed by atoms with Gasteiger partial charge in [-0.3, -0.25) is 0 Å². The Labute approximate surface area is 118 Å². The van der Waals surface area contributed by atoms with Gasteiger partial charge in [0.1, 0.15) is 5.60 Å². The number of ether oxygens (including phenoxy) is 1. The molecule has 0 aliphatic carbocycles. The first-order valence-corrected chi connectivity index (χ1v) is 7.14. The number of aryl methyl sites for hydroxylation is 1. The number of rotatable bonds is 5. The highest BCUT2D eigenvalue weighted by atomic mass is 79.9. The quantitative estimate of drug-likeness (QED) is 0.724. The number of hydrogen-bond acceptors (Lipinski definition) is 2. The van der Waals surface area contributed by atoms with Crippen molar-refractivity contribution in [1.29, 1.82) is 0 Å². The zero-order valence-corrected chi connectivity index (χ0v) is 13.1. The normalized spacial score (nSPS) is 11.4. The van der Waals surface area contributed by atoms with Crippen molar-refractivity contribution < 1.29 is 9.53 Å². The summed E-state index contributed by atoms with van der Waals surface area (Å²) in [6.07, 6.45) is 3.07. The second-order valence-corrected chi connectivity index (χ2v) is 6.13. The van der Waals surface area contributed by atoms with Crippen LogP contribution >= 0.6 is 15.9 Å². The van der Waals surface area contributed by atoms with Crippen molar-refractivity contribution in [1.82, 2.24) is 0 Å². The molecule has 0 unspecified atom stereocenters. The van der Waals surface area contributed by atoms with Crippen LogP contribution in [0.1, 0.15) is 56.0 Å². The molecule has 1 aromatic rings. The molecule has 0 aliphatic heterocycles. The largest absolute Gasteiger partial charge is 0.456 e. The van der Waals surface area contributed by atoms with Gasteiger partial charge in [-0.15, -0.1) is 0 Å². The Bertz CT molecular complexity index is 425. The van der Waals surface area contributed by atoms with Gasteiger partial charge in [0.15, 0.2) is 0 Å². The Kier molecular flexibility index (Phi) is 5.39. The van der Waals surface area contributed by atoms with Crippen LogP contribution in [0.15, 0.2) is 22.7 Å². The molecule has 18 heavy (non-hydrogen) atoms. The lowest BCUT2D eigenvalue weighted by Gasteiger charge is -2.25. The Morgan fingerprint density at radius 1 is 1.39 bits per heavy atom. The molecule has 0 aliphatic rings. The minimum Gasteiger partial charge on any atom is -0.456 e. The van der Waals surface area contributed by atoms with Crippen LogP contribution in [0, 0.1) is 6.92 Å². The van der Waals surface area contributed by atoms with Crippen LogP contribution in [0.5, 0.6) is 0 Å². The summed E-state index contributed by atoms with van der Waals surface area (Å²) in [6.45, 7) is 7.99. The molecule has 0 N–H and O–H groups in total. The number of carbonyl (C=O) groups excluding carboxylic acids is 1. The molecule has 1 rings (SSSR count). The second kappa shape index (κ2) is 6.37. The van der Waals surface area contributed by atoms with Gasteiger partial charge in [0.05, 0.1) is 5.56 Å². The predicted molar refractivity (Wildman–Crippen MR) is 77.9 cm³/mol. The molecule has 0 saturated heterocycles. The van der Waals surface area contributed by atoms with Crippen molar-refractivity contribution in [2.45, 2.75) is 52.6 Å². The summed E-state index contributed by atoms with van der Waals surface area (Å²) in [5, 5.41) is 0. The van der Waals surface area contributed by atoms with E-state index in [4.69, 9.17) is 4.74 Å². The number of esters is 1. The summed E-state index contributed by atoms with van der Waals surface area (Å²) < 4.78 is 6.57. The minimum atomic E-state index is -0.396. The Balaban J connectivity index is 2.76. The standard InChI is InChI=1S/C15H21BrO2/c1-5-6-9-15(3,4)18-14(17)13-8-7-12(16)10-11(13)2/h7-8,10H,5-6,9H2,1-4H3. The summed E-state index contributed by atoms with van der Waals surface area (Å²) in [5.41, 5.74) is 1.18. The van der Waals surface area contributed by atoms with Gasteiger partial charge in [0.25, 0.3) is 0 Å². The number of benzene rings is 1. The molecule has 0 fully saturated rings. The molecular weight excluding hydrogens is 292 g/mol. The molecule has 1 aromatic carbocycles. The summed E-state index contributed by atoms with van der Waals surface area (Å²) in [7, 11) is 0. The van der Waals surface area contributed by atoms with E-state index in [2.05, 4.69) is 22.9 Å². The van der Waals surface area contributed by atoms with E-state index < -0.39 is 5.60 Å². The molecule has 0 heterocycles. The molecule has 0 bridgehead atoms. The zero-order valence-electron chi connectivity index (χ0n) is 11.5. The van der Waals surface area contributed by atoms with Crippen LogP contribution in [0.2, 0.25) is 0 Å². The van der Waals surface area contributed by atoms with E-state index in [1.165, 1.54) is 0 Å². The maximum absolute atomic E-state index is 12.1. The average molecular weight is 313 g/mol. The lowest BCUT2D eigenvalue weighted by Crippen LogP contribution is -2.28. The van der Waals surface area contributed by atoms with E-state index in [1.54, 1.807) is 6.07 Å². The molecule has 0 radical (unpaired) electrons. The monoisotopic (exact) mass is 312 g/mol. The molecule has 2 nitrogen and oxygen atoms in total.